The third-order valence-corrected chi connectivity index (χ3v) is 12.4. The highest BCUT2D eigenvalue weighted by atomic mass is 32.2. The molecular weight excluding hydrogens is 681 g/mol. The molecule has 0 nitrogen and oxygen atoms in total. The molecule has 0 aliphatic carbocycles. The van der Waals surface area contributed by atoms with Gasteiger partial charge in [0.2, 0.25) is 0 Å². The largest absolute Gasteiger partial charge is 0.117 e. The van der Waals surface area contributed by atoms with Crippen molar-refractivity contribution in [2.75, 3.05) is 0 Å². The van der Waals surface area contributed by atoms with Crippen molar-refractivity contribution in [1.29, 1.82) is 0 Å². The first-order valence-corrected chi connectivity index (χ1v) is 20.0. The molecule has 10 rings (SSSR count). The number of fused-ring (bicyclic) bond motifs is 2. The molecule has 9 aromatic rings. The van der Waals surface area contributed by atoms with Gasteiger partial charge >= 0.3 is 0 Å². The van der Waals surface area contributed by atoms with E-state index in [0.717, 1.165) is 6.42 Å². The molecule has 0 fully saturated rings. The lowest BCUT2D eigenvalue weighted by Crippen LogP contribution is -1.93. The average Bonchev–Trinajstić information content (AvgIpc) is 3.77. The van der Waals surface area contributed by atoms with Crippen LogP contribution < -0.4 is 0 Å². The minimum absolute atomic E-state index is 0.460. The summed E-state index contributed by atoms with van der Waals surface area (Å²) in [5, 5.41) is 5.48. The van der Waals surface area contributed by atoms with E-state index in [9.17, 15) is 0 Å². The van der Waals surface area contributed by atoms with Gasteiger partial charge in [-0.3, -0.25) is 0 Å². The van der Waals surface area contributed by atoms with Gasteiger partial charge < -0.3 is 0 Å². The van der Waals surface area contributed by atoms with Crippen molar-refractivity contribution in [2.24, 2.45) is 0 Å². The van der Waals surface area contributed by atoms with Crippen LogP contribution in [0.3, 0.4) is 0 Å². The molecule has 0 spiro atoms. The number of rotatable bonds is 7. The lowest BCUT2D eigenvalue weighted by Gasteiger charge is -2.20. The second-order valence-corrected chi connectivity index (χ2v) is 15.6. The van der Waals surface area contributed by atoms with Crippen molar-refractivity contribution in [3.8, 4) is 55.6 Å². The molecule has 0 saturated carbocycles. The number of hydrogen-bond donors (Lipinski definition) is 0. The lowest BCUT2D eigenvalue weighted by molar-refractivity contribution is 0.991. The molecule has 1 aliphatic rings. The third kappa shape index (κ3) is 6.37. The van der Waals surface area contributed by atoms with E-state index in [0.29, 0.717) is 5.25 Å². The van der Waals surface area contributed by atoms with Crippen molar-refractivity contribution >= 4 is 38.2 Å². The molecule has 1 atom stereocenters. The number of benzene rings is 9. The Morgan fingerprint density at radius 1 is 0.309 bits per heavy atom. The standard InChI is InChI=1S/C54H38S/c1-4-15-37(16-5-1)40-21-13-25-45(34-40)53-47-27-10-11-28-48(47)54(46-26-14-22-41(35-46)38-17-6-2-7-18-38)50-36-43(29-30-49(50)53)42-23-12-24-44(33-42)52-32-31-51(55-52)39-19-8-3-9-20-39/h1-30,32-36,51H,31H2. The molecule has 1 unspecified atom stereocenters. The molecule has 1 aliphatic heterocycles. The minimum atomic E-state index is 0.460. The number of thioether (sulfide) groups is 1. The van der Waals surface area contributed by atoms with Gasteiger partial charge in [0.25, 0.3) is 0 Å². The molecule has 0 radical (unpaired) electrons. The maximum absolute atomic E-state index is 2.44. The van der Waals surface area contributed by atoms with Crippen molar-refractivity contribution in [1.82, 2.24) is 0 Å². The predicted molar refractivity (Wildman–Crippen MR) is 238 cm³/mol. The van der Waals surface area contributed by atoms with Crippen LogP contribution in [0.15, 0.2) is 212 Å². The second-order valence-electron chi connectivity index (χ2n) is 14.4. The fourth-order valence-corrected chi connectivity index (χ4v) is 9.57. The molecule has 260 valence electrons. The zero-order chi connectivity index (χ0) is 36.6. The van der Waals surface area contributed by atoms with Gasteiger partial charge in [0.15, 0.2) is 0 Å². The van der Waals surface area contributed by atoms with E-state index in [1.54, 1.807) is 0 Å². The van der Waals surface area contributed by atoms with Crippen LogP contribution >= 0.6 is 11.8 Å². The summed E-state index contributed by atoms with van der Waals surface area (Å²) in [7, 11) is 0. The minimum Gasteiger partial charge on any atom is -0.117 e. The van der Waals surface area contributed by atoms with Crippen LogP contribution in [0.5, 0.6) is 0 Å². The smallest absolute Gasteiger partial charge is 0.0379 e. The Balaban J connectivity index is 1.17. The van der Waals surface area contributed by atoms with Crippen LogP contribution in [0.25, 0.3) is 82.1 Å². The van der Waals surface area contributed by atoms with Crippen LogP contribution in [0, 0.1) is 0 Å². The predicted octanol–water partition coefficient (Wildman–Crippen LogP) is 15.5. The molecule has 0 bridgehead atoms. The van der Waals surface area contributed by atoms with Gasteiger partial charge in [-0.05, 0) is 119 Å². The van der Waals surface area contributed by atoms with Crippen LogP contribution in [0.2, 0.25) is 0 Å². The molecule has 1 heteroatoms. The van der Waals surface area contributed by atoms with Crippen LogP contribution in [-0.4, -0.2) is 0 Å². The van der Waals surface area contributed by atoms with Gasteiger partial charge in [0, 0.05) is 10.2 Å². The SMILES string of the molecule is C1=C(c2cccc(-c3ccc4c(-c5cccc(-c6ccccc6)c5)c5ccccc5c(-c5cccc(-c6ccccc6)c5)c4c3)c2)SC(c2ccccc2)C1. The van der Waals surface area contributed by atoms with Crippen molar-refractivity contribution in [3.05, 3.63) is 223 Å². The Morgan fingerprint density at radius 3 is 1.33 bits per heavy atom. The highest BCUT2D eigenvalue weighted by molar-refractivity contribution is 8.08. The number of hydrogen-bond acceptors (Lipinski definition) is 1. The van der Waals surface area contributed by atoms with E-state index < -0.39 is 0 Å². The molecule has 0 aromatic heterocycles. The molecule has 0 amide bonds. The Hall–Kier alpha value is -6.41. The van der Waals surface area contributed by atoms with Gasteiger partial charge in [0.05, 0.1) is 0 Å². The molecule has 1 heterocycles. The van der Waals surface area contributed by atoms with E-state index in [4.69, 9.17) is 0 Å². The first-order valence-electron chi connectivity index (χ1n) is 19.1. The summed E-state index contributed by atoms with van der Waals surface area (Å²) >= 11 is 1.98. The van der Waals surface area contributed by atoms with Crippen molar-refractivity contribution in [2.45, 2.75) is 11.7 Å². The van der Waals surface area contributed by atoms with Gasteiger partial charge in [-0.1, -0.05) is 188 Å². The fourth-order valence-electron chi connectivity index (χ4n) is 8.32. The monoisotopic (exact) mass is 718 g/mol. The average molecular weight is 719 g/mol. The summed E-state index contributed by atoms with van der Waals surface area (Å²) in [5.74, 6) is 0. The second kappa shape index (κ2) is 14.4. The summed E-state index contributed by atoms with van der Waals surface area (Å²) in [6.45, 7) is 0. The highest BCUT2D eigenvalue weighted by Crippen LogP contribution is 2.49. The maximum Gasteiger partial charge on any atom is 0.0379 e. The highest BCUT2D eigenvalue weighted by Gasteiger charge is 2.22. The Labute approximate surface area is 327 Å². The molecular formula is C54H38S. The molecule has 0 N–H and O–H groups in total. The zero-order valence-corrected chi connectivity index (χ0v) is 31.2. The van der Waals surface area contributed by atoms with E-state index in [1.807, 2.05) is 11.8 Å². The fraction of sp³-hybridized carbons (Fsp3) is 0.0370. The van der Waals surface area contributed by atoms with Gasteiger partial charge in [-0.2, -0.15) is 0 Å². The normalized spacial score (nSPS) is 14.0. The first-order chi connectivity index (χ1) is 27.3. The van der Waals surface area contributed by atoms with Gasteiger partial charge in [0.1, 0.15) is 0 Å². The van der Waals surface area contributed by atoms with Crippen molar-refractivity contribution < 1.29 is 0 Å². The summed E-state index contributed by atoms with van der Waals surface area (Å²) in [5.41, 5.74) is 15.0. The summed E-state index contributed by atoms with van der Waals surface area (Å²) < 4.78 is 0. The Bertz CT molecular complexity index is 2850. The first kappa shape index (κ1) is 33.2. The Kier molecular flexibility index (Phi) is 8.71. The zero-order valence-electron chi connectivity index (χ0n) is 30.4. The molecule has 55 heavy (non-hydrogen) atoms. The van der Waals surface area contributed by atoms with Crippen LogP contribution in [0.4, 0.5) is 0 Å². The molecule has 9 aromatic carbocycles. The number of allylic oxidation sites excluding steroid dienone is 1. The Morgan fingerprint density at radius 2 is 0.727 bits per heavy atom. The maximum atomic E-state index is 2.44. The summed E-state index contributed by atoms with van der Waals surface area (Å²) in [6, 6.07) is 75.7. The molecule has 0 saturated heterocycles. The quantitative estimate of drug-likeness (QED) is 0.148. The van der Waals surface area contributed by atoms with E-state index in [2.05, 4.69) is 212 Å². The topological polar surface area (TPSA) is 0 Å². The summed E-state index contributed by atoms with van der Waals surface area (Å²) in [6.07, 6.45) is 3.47. The van der Waals surface area contributed by atoms with E-state index >= 15 is 0 Å². The van der Waals surface area contributed by atoms with Gasteiger partial charge in [-0.25, -0.2) is 0 Å². The van der Waals surface area contributed by atoms with Crippen LogP contribution in [0.1, 0.15) is 22.8 Å². The van der Waals surface area contributed by atoms with Crippen molar-refractivity contribution in [3.63, 3.8) is 0 Å². The van der Waals surface area contributed by atoms with E-state index in [-0.39, 0.29) is 0 Å². The van der Waals surface area contributed by atoms with Crippen LogP contribution in [-0.2, 0) is 0 Å². The summed E-state index contributed by atoms with van der Waals surface area (Å²) in [4.78, 5) is 1.36. The van der Waals surface area contributed by atoms with E-state index in [1.165, 1.54) is 93.2 Å². The van der Waals surface area contributed by atoms with Gasteiger partial charge in [-0.15, -0.1) is 11.8 Å². The lowest BCUT2D eigenvalue weighted by atomic mass is 9.84. The third-order valence-electron chi connectivity index (χ3n) is 11.0.